The van der Waals surface area contributed by atoms with Gasteiger partial charge in [-0.3, -0.25) is 4.79 Å². The number of rotatable bonds is 2. The number of nitrogens with two attached hydrogens (primary N) is 1. The van der Waals surface area contributed by atoms with Crippen LogP contribution in [0.1, 0.15) is 29.9 Å². The lowest BCUT2D eigenvalue weighted by molar-refractivity contribution is 0.1000. The van der Waals surface area contributed by atoms with E-state index in [-0.39, 0.29) is 0 Å². The van der Waals surface area contributed by atoms with Crippen LogP contribution in [0.5, 0.6) is 0 Å². The van der Waals surface area contributed by atoms with E-state index < -0.39 is 5.91 Å². The summed E-state index contributed by atoms with van der Waals surface area (Å²) >= 11 is 0. The fourth-order valence-corrected chi connectivity index (χ4v) is 2.47. The lowest BCUT2D eigenvalue weighted by Crippen LogP contribution is -2.54. The molecular formula is C13H20N4O. The summed E-state index contributed by atoms with van der Waals surface area (Å²) in [5, 5.41) is 3.47. The molecule has 2 atom stereocenters. The number of primary amides is 1. The van der Waals surface area contributed by atoms with E-state index >= 15 is 0 Å². The van der Waals surface area contributed by atoms with Gasteiger partial charge in [-0.15, -0.1) is 0 Å². The Morgan fingerprint density at radius 2 is 2.00 bits per heavy atom. The van der Waals surface area contributed by atoms with E-state index in [1.165, 1.54) is 0 Å². The molecule has 1 amide bonds. The number of carbonyl (C=O) groups is 1. The molecule has 0 spiro atoms. The van der Waals surface area contributed by atoms with Crippen LogP contribution in [0.3, 0.4) is 0 Å². The van der Waals surface area contributed by atoms with E-state index in [4.69, 9.17) is 5.73 Å². The van der Waals surface area contributed by atoms with Gasteiger partial charge in [0.25, 0.3) is 0 Å². The Labute approximate surface area is 107 Å². The van der Waals surface area contributed by atoms with Gasteiger partial charge in [-0.1, -0.05) is 0 Å². The predicted octanol–water partition coefficient (Wildman–Crippen LogP) is 0.676. The fraction of sp³-hybridized carbons (Fsp3) is 0.538. The molecule has 5 heteroatoms. The third-order valence-corrected chi connectivity index (χ3v) is 3.11. The smallest absolute Gasteiger partial charge is 0.248 e. The van der Waals surface area contributed by atoms with Crippen molar-refractivity contribution in [2.24, 2.45) is 5.73 Å². The highest BCUT2D eigenvalue weighted by molar-refractivity contribution is 5.93. The monoisotopic (exact) mass is 248 g/mol. The molecular weight excluding hydrogens is 228 g/mol. The second kappa shape index (κ2) is 4.94. The number of piperazine rings is 1. The highest BCUT2D eigenvalue weighted by Crippen LogP contribution is 2.18. The van der Waals surface area contributed by atoms with E-state index in [1.54, 1.807) is 12.1 Å². The number of aryl methyl sites for hydroxylation is 1. The SMILES string of the molecule is Cc1cc(C(N)=O)cc(N2CC(C)NC(C)C2)n1. The van der Waals surface area contributed by atoms with Crippen molar-refractivity contribution in [1.82, 2.24) is 10.3 Å². The number of carbonyl (C=O) groups excluding carboxylic acids is 1. The Morgan fingerprint density at radius 1 is 1.39 bits per heavy atom. The van der Waals surface area contributed by atoms with Gasteiger partial charge < -0.3 is 16.0 Å². The van der Waals surface area contributed by atoms with Crippen LogP contribution in [-0.2, 0) is 0 Å². The Morgan fingerprint density at radius 3 is 2.56 bits per heavy atom. The molecule has 1 aliphatic rings. The largest absolute Gasteiger partial charge is 0.366 e. The Bertz CT molecular complexity index is 450. The molecule has 0 radical (unpaired) electrons. The molecule has 3 N–H and O–H groups in total. The predicted molar refractivity (Wildman–Crippen MR) is 71.8 cm³/mol. The van der Waals surface area contributed by atoms with Crippen LogP contribution in [0.25, 0.3) is 0 Å². The molecule has 2 heterocycles. The second-order valence-corrected chi connectivity index (χ2v) is 5.09. The highest BCUT2D eigenvalue weighted by Gasteiger charge is 2.22. The van der Waals surface area contributed by atoms with Crippen LogP contribution < -0.4 is 16.0 Å². The number of nitrogens with zero attached hydrogens (tertiary/aromatic N) is 2. The van der Waals surface area contributed by atoms with Crippen molar-refractivity contribution < 1.29 is 4.79 Å². The van der Waals surface area contributed by atoms with Crippen LogP contribution in [0.15, 0.2) is 12.1 Å². The average molecular weight is 248 g/mol. The van der Waals surface area contributed by atoms with Gasteiger partial charge in [0.1, 0.15) is 5.82 Å². The van der Waals surface area contributed by atoms with Crippen LogP contribution in [0.4, 0.5) is 5.82 Å². The van der Waals surface area contributed by atoms with Gasteiger partial charge in [0.15, 0.2) is 0 Å². The molecule has 1 aromatic rings. The first-order valence-electron chi connectivity index (χ1n) is 6.25. The second-order valence-electron chi connectivity index (χ2n) is 5.09. The zero-order valence-electron chi connectivity index (χ0n) is 11.1. The first-order chi connectivity index (χ1) is 8.45. The van der Waals surface area contributed by atoms with Gasteiger partial charge in [-0.2, -0.15) is 0 Å². The van der Waals surface area contributed by atoms with E-state index in [0.29, 0.717) is 17.6 Å². The number of hydrogen-bond acceptors (Lipinski definition) is 4. The third kappa shape index (κ3) is 2.79. The average Bonchev–Trinajstić information content (AvgIpc) is 2.26. The lowest BCUT2D eigenvalue weighted by Gasteiger charge is -2.37. The topological polar surface area (TPSA) is 71.2 Å². The molecule has 1 saturated heterocycles. The van der Waals surface area contributed by atoms with Crippen molar-refractivity contribution in [2.75, 3.05) is 18.0 Å². The summed E-state index contributed by atoms with van der Waals surface area (Å²) in [6.07, 6.45) is 0. The minimum absolute atomic E-state index is 0.405. The molecule has 0 aromatic carbocycles. The maximum absolute atomic E-state index is 11.3. The van der Waals surface area contributed by atoms with Gasteiger partial charge >= 0.3 is 0 Å². The number of amides is 1. The number of anilines is 1. The molecule has 0 bridgehead atoms. The van der Waals surface area contributed by atoms with Crippen LogP contribution in [-0.4, -0.2) is 36.1 Å². The lowest BCUT2D eigenvalue weighted by atomic mass is 10.1. The van der Waals surface area contributed by atoms with Crippen molar-refractivity contribution in [3.63, 3.8) is 0 Å². The molecule has 0 aliphatic carbocycles. The van der Waals surface area contributed by atoms with Gasteiger partial charge in [-0.05, 0) is 32.9 Å². The van der Waals surface area contributed by atoms with E-state index in [9.17, 15) is 4.79 Å². The summed E-state index contributed by atoms with van der Waals surface area (Å²) < 4.78 is 0. The Balaban J connectivity index is 2.29. The quantitative estimate of drug-likeness (QED) is 0.807. The van der Waals surface area contributed by atoms with Crippen LogP contribution >= 0.6 is 0 Å². The van der Waals surface area contributed by atoms with Crippen LogP contribution in [0.2, 0.25) is 0 Å². The molecule has 5 nitrogen and oxygen atoms in total. The molecule has 18 heavy (non-hydrogen) atoms. The summed E-state index contributed by atoms with van der Waals surface area (Å²) in [7, 11) is 0. The Hall–Kier alpha value is -1.62. The van der Waals surface area contributed by atoms with Gasteiger partial charge in [0.05, 0.1) is 0 Å². The first kappa shape index (κ1) is 12.8. The zero-order chi connectivity index (χ0) is 13.3. The molecule has 1 fully saturated rings. The molecule has 2 unspecified atom stereocenters. The van der Waals surface area contributed by atoms with Crippen molar-refractivity contribution >= 4 is 11.7 Å². The normalized spacial score (nSPS) is 24.1. The third-order valence-electron chi connectivity index (χ3n) is 3.11. The number of aromatic nitrogens is 1. The van der Waals surface area contributed by atoms with E-state index in [1.807, 2.05) is 6.92 Å². The summed E-state index contributed by atoms with van der Waals surface area (Å²) in [4.78, 5) is 18.0. The van der Waals surface area contributed by atoms with E-state index in [2.05, 4.69) is 29.0 Å². The summed E-state index contributed by atoms with van der Waals surface area (Å²) in [6.45, 7) is 7.95. The van der Waals surface area contributed by atoms with Gasteiger partial charge in [0.2, 0.25) is 5.91 Å². The molecule has 0 saturated carbocycles. The number of hydrogen-bond donors (Lipinski definition) is 2. The van der Waals surface area contributed by atoms with Crippen LogP contribution in [0, 0.1) is 6.92 Å². The van der Waals surface area contributed by atoms with E-state index in [0.717, 1.165) is 24.6 Å². The number of pyridine rings is 1. The minimum atomic E-state index is -0.405. The Kier molecular flexibility index (Phi) is 3.52. The first-order valence-corrected chi connectivity index (χ1v) is 6.25. The number of nitrogens with one attached hydrogen (secondary N) is 1. The molecule has 2 rings (SSSR count). The van der Waals surface area contributed by atoms with Crippen molar-refractivity contribution in [1.29, 1.82) is 0 Å². The van der Waals surface area contributed by atoms with Gasteiger partial charge in [-0.25, -0.2) is 4.98 Å². The highest BCUT2D eigenvalue weighted by atomic mass is 16.1. The molecule has 1 aromatic heterocycles. The van der Waals surface area contributed by atoms with Crippen molar-refractivity contribution in [3.05, 3.63) is 23.4 Å². The molecule has 98 valence electrons. The summed E-state index contributed by atoms with van der Waals surface area (Å²) in [5.74, 6) is 0.432. The molecule has 1 aliphatic heterocycles. The zero-order valence-corrected chi connectivity index (χ0v) is 11.1. The standard InChI is InChI=1S/C13H20N4O/c1-8-4-11(13(14)18)5-12(16-8)17-6-9(2)15-10(3)7-17/h4-5,9-10,15H,6-7H2,1-3H3,(H2,14,18). The summed E-state index contributed by atoms with van der Waals surface area (Å²) in [5.41, 5.74) is 6.68. The van der Waals surface area contributed by atoms with Crippen molar-refractivity contribution in [2.45, 2.75) is 32.9 Å². The maximum Gasteiger partial charge on any atom is 0.248 e. The fourth-order valence-electron chi connectivity index (χ4n) is 2.47. The minimum Gasteiger partial charge on any atom is -0.366 e. The van der Waals surface area contributed by atoms with Crippen molar-refractivity contribution in [3.8, 4) is 0 Å². The van der Waals surface area contributed by atoms with Gasteiger partial charge in [0, 0.05) is 36.4 Å². The summed E-state index contributed by atoms with van der Waals surface area (Å²) in [6, 6.07) is 4.32. The maximum atomic E-state index is 11.3.